The molecule has 0 radical (unpaired) electrons. The minimum absolute atomic E-state index is 1.19. The standard InChI is InChI=1S/C8H2F10/c9-2-1-4(10)7(15,16)5(11,12)3(2)6(13,14)8(4,17)18/h1,3H. The normalized spacial score (nSPS) is 42.6. The second-order valence-corrected chi connectivity index (χ2v) is 4.07. The highest BCUT2D eigenvalue weighted by atomic mass is 19.3. The molecule has 0 spiro atoms. The van der Waals surface area contributed by atoms with Crippen LogP contribution >= 0.6 is 0 Å². The van der Waals surface area contributed by atoms with Gasteiger partial charge in [-0.2, -0.15) is 35.1 Å². The molecule has 0 aliphatic heterocycles. The van der Waals surface area contributed by atoms with Gasteiger partial charge >= 0.3 is 23.7 Å². The van der Waals surface area contributed by atoms with Crippen molar-refractivity contribution in [3.05, 3.63) is 11.9 Å². The largest absolute Gasteiger partial charge is 0.354 e. The predicted molar refractivity (Wildman–Crippen MR) is 36.3 cm³/mol. The summed E-state index contributed by atoms with van der Waals surface area (Å²) in [5.41, 5.74) is -5.79. The Bertz CT molecular complexity index is 405. The van der Waals surface area contributed by atoms with Crippen LogP contribution in [0.25, 0.3) is 0 Å². The molecule has 18 heavy (non-hydrogen) atoms. The lowest BCUT2D eigenvalue weighted by Gasteiger charge is -2.54. The third-order valence-corrected chi connectivity index (χ3v) is 3.09. The maximum atomic E-state index is 13.4. The molecular formula is C8H2F10. The Hall–Kier alpha value is -0.960. The van der Waals surface area contributed by atoms with Gasteiger partial charge in [-0.05, 0) is 6.08 Å². The second kappa shape index (κ2) is 2.79. The van der Waals surface area contributed by atoms with Gasteiger partial charge < -0.3 is 0 Å². The van der Waals surface area contributed by atoms with Gasteiger partial charge in [0.25, 0.3) is 5.67 Å². The number of alkyl halides is 9. The Morgan fingerprint density at radius 2 is 1.06 bits per heavy atom. The third-order valence-electron chi connectivity index (χ3n) is 3.09. The summed E-state index contributed by atoms with van der Waals surface area (Å²) in [6.45, 7) is 0. The highest BCUT2D eigenvalue weighted by Crippen LogP contribution is 2.71. The molecule has 104 valence electrons. The highest BCUT2D eigenvalue weighted by molar-refractivity contribution is 5.39. The first-order valence-electron chi connectivity index (χ1n) is 4.33. The molecule has 2 bridgehead atoms. The Morgan fingerprint density at radius 1 is 0.722 bits per heavy atom. The van der Waals surface area contributed by atoms with Crippen molar-refractivity contribution in [2.45, 2.75) is 29.4 Å². The number of halogens is 10. The van der Waals surface area contributed by atoms with Crippen LogP contribution in [-0.4, -0.2) is 29.4 Å². The van der Waals surface area contributed by atoms with Crippen LogP contribution < -0.4 is 0 Å². The molecule has 0 aromatic carbocycles. The average Bonchev–Trinajstić information content (AvgIpc) is 2.11. The Morgan fingerprint density at radius 3 is 1.39 bits per heavy atom. The molecule has 0 nitrogen and oxygen atoms in total. The Labute approximate surface area is 92.2 Å². The van der Waals surface area contributed by atoms with Crippen LogP contribution in [0.2, 0.25) is 0 Å². The van der Waals surface area contributed by atoms with Gasteiger partial charge in [-0.25, -0.2) is 8.78 Å². The van der Waals surface area contributed by atoms with Crippen molar-refractivity contribution in [2.75, 3.05) is 0 Å². The van der Waals surface area contributed by atoms with Crippen LogP contribution in [0.4, 0.5) is 43.9 Å². The lowest BCUT2D eigenvalue weighted by Crippen LogP contribution is -2.81. The zero-order valence-corrected chi connectivity index (χ0v) is 7.93. The third kappa shape index (κ3) is 0.944. The molecular weight excluding hydrogens is 286 g/mol. The van der Waals surface area contributed by atoms with E-state index in [1.54, 1.807) is 0 Å². The summed E-state index contributed by atoms with van der Waals surface area (Å²) in [6.07, 6.45) is -1.19. The van der Waals surface area contributed by atoms with E-state index in [1.165, 1.54) is 0 Å². The van der Waals surface area contributed by atoms with Crippen LogP contribution in [-0.2, 0) is 0 Å². The SMILES string of the molecule is FC1=CC2(F)C(F)(F)C(F)(F)C1C(F)(F)C2(F)F. The molecule has 0 aromatic heterocycles. The number of hydrogen-bond acceptors (Lipinski definition) is 0. The maximum absolute atomic E-state index is 13.4. The van der Waals surface area contributed by atoms with E-state index in [0.717, 1.165) is 0 Å². The molecule has 0 saturated heterocycles. The van der Waals surface area contributed by atoms with Crippen molar-refractivity contribution < 1.29 is 43.9 Å². The molecule has 0 aromatic rings. The van der Waals surface area contributed by atoms with Crippen molar-refractivity contribution in [3.8, 4) is 0 Å². The first kappa shape index (κ1) is 13.5. The van der Waals surface area contributed by atoms with Crippen LogP contribution in [0.5, 0.6) is 0 Å². The van der Waals surface area contributed by atoms with Crippen molar-refractivity contribution in [2.24, 2.45) is 5.92 Å². The lowest BCUT2D eigenvalue weighted by atomic mass is 9.63. The monoisotopic (exact) mass is 288 g/mol. The zero-order chi connectivity index (χ0) is 14.4. The van der Waals surface area contributed by atoms with E-state index in [1.807, 2.05) is 0 Å². The van der Waals surface area contributed by atoms with Gasteiger partial charge in [0.15, 0.2) is 5.92 Å². The number of rotatable bonds is 0. The zero-order valence-electron chi connectivity index (χ0n) is 7.93. The van der Waals surface area contributed by atoms with Gasteiger partial charge in [0.2, 0.25) is 0 Å². The molecule has 0 atom stereocenters. The number of fused-ring (bicyclic) bond motifs is 2. The molecule has 0 heterocycles. The molecule has 3 aliphatic rings. The lowest BCUT2D eigenvalue weighted by molar-refractivity contribution is -0.428. The molecule has 1 fully saturated rings. The fourth-order valence-electron chi connectivity index (χ4n) is 2.07. The molecule has 0 amide bonds. The van der Waals surface area contributed by atoms with E-state index in [9.17, 15) is 43.9 Å². The van der Waals surface area contributed by atoms with Crippen molar-refractivity contribution in [1.29, 1.82) is 0 Å². The molecule has 0 unspecified atom stereocenters. The molecule has 3 aliphatic carbocycles. The summed E-state index contributed by atoms with van der Waals surface area (Å²) in [5.74, 6) is -31.3. The Kier molecular flexibility index (Phi) is 2.09. The maximum Gasteiger partial charge on any atom is 0.354 e. The summed E-state index contributed by atoms with van der Waals surface area (Å²) in [6, 6.07) is 0. The van der Waals surface area contributed by atoms with Gasteiger partial charge in [-0.3, -0.25) is 0 Å². The van der Waals surface area contributed by atoms with Gasteiger partial charge in [0, 0.05) is 0 Å². The first-order valence-corrected chi connectivity index (χ1v) is 4.33. The van der Waals surface area contributed by atoms with Gasteiger partial charge in [-0.15, -0.1) is 0 Å². The van der Waals surface area contributed by atoms with Crippen molar-refractivity contribution >= 4 is 0 Å². The first-order chi connectivity index (χ1) is 7.75. The summed E-state index contributed by atoms with van der Waals surface area (Å²) >= 11 is 0. The van der Waals surface area contributed by atoms with E-state index in [-0.39, 0.29) is 0 Å². The Balaban J connectivity index is 2.85. The summed E-state index contributed by atoms with van der Waals surface area (Å²) < 4.78 is 130. The fraction of sp³-hybridized carbons (Fsp3) is 0.750. The molecule has 10 heteroatoms. The van der Waals surface area contributed by atoms with E-state index < -0.39 is 47.2 Å². The van der Waals surface area contributed by atoms with E-state index in [4.69, 9.17) is 0 Å². The smallest absolute Gasteiger partial charge is 0.225 e. The van der Waals surface area contributed by atoms with E-state index in [0.29, 0.717) is 0 Å². The predicted octanol–water partition coefficient (Wildman–Crippen LogP) is 3.73. The second-order valence-electron chi connectivity index (χ2n) is 4.07. The molecule has 0 N–H and O–H groups in total. The van der Waals surface area contributed by atoms with Crippen LogP contribution in [0, 0.1) is 5.92 Å². The minimum Gasteiger partial charge on any atom is -0.225 e. The number of hydrogen-bond donors (Lipinski definition) is 0. The summed E-state index contributed by atoms with van der Waals surface area (Å²) in [5, 5.41) is 0. The van der Waals surface area contributed by atoms with Crippen LogP contribution in [0.3, 0.4) is 0 Å². The molecule has 1 saturated carbocycles. The van der Waals surface area contributed by atoms with Crippen molar-refractivity contribution in [3.63, 3.8) is 0 Å². The van der Waals surface area contributed by atoms with E-state index in [2.05, 4.69) is 0 Å². The van der Waals surface area contributed by atoms with Crippen LogP contribution in [0.1, 0.15) is 0 Å². The van der Waals surface area contributed by atoms with Gasteiger partial charge in [0.05, 0.1) is 0 Å². The number of allylic oxidation sites excluding steroid dienone is 2. The van der Waals surface area contributed by atoms with Gasteiger partial charge in [0.1, 0.15) is 5.83 Å². The average molecular weight is 288 g/mol. The van der Waals surface area contributed by atoms with Crippen molar-refractivity contribution in [1.82, 2.24) is 0 Å². The van der Waals surface area contributed by atoms with Gasteiger partial charge in [-0.1, -0.05) is 0 Å². The van der Waals surface area contributed by atoms with Crippen LogP contribution in [0.15, 0.2) is 11.9 Å². The summed E-state index contributed by atoms with van der Waals surface area (Å²) in [4.78, 5) is 0. The summed E-state index contributed by atoms with van der Waals surface area (Å²) in [7, 11) is 0. The molecule has 3 rings (SSSR count). The topological polar surface area (TPSA) is 0 Å². The fourth-order valence-corrected chi connectivity index (χ4v) is 2.07. The highest BCUT2D eigenvalue weighted by Gasteiger charge is 2.96. The quantitative estimate of drug-likeness (QED) is 0.596. The minimum atomic E-state index is -6.15. The van der Waals surface area contributed by atoms with E-state index >= 15 is 0 Å².